The van der Waals surface area contributed by atoms with E-state index in [4.69, 9.17) is 9.72 Å². The predicted octanol–water partition coefficient (Wildman–Crippen LogP) is 5.88. The number of ether oxygens (including phenoxy) is 1. The van der Waals surface area contributed by atoms with Crippen molar-refractivity contribution in [2.24, 2.45) is 0 Å². The number of aromatic nitrogens is 2. The smallest absolute Gasteiger partial charge is 0.225 e. The summed E-state index contributed by atoms with van der Waals surface area (Å²) < 4.78 is 5.23. The molecule has 0 unspecified atom stereocenters. The van der Waals surface area contributed by atoms with Crippen LogP contribution in [0.25, 0.3) is 21.8 Å². The van der Waals surface area contributed by atoms with Crippen LogP contribution in [0.3, 0.4) is 0 Å². The maximum Gasteiger partial charge on any atom is 0.225 e. The molecule has 1 N–H and O–H groups in total. The summed E-state index contributed by atoms with van der Waals surface area (Å²) in [6.45, 7) is 0. The van der Waals surface area contributed by atoms with Gasteiger partial charge in [-0.15, -0.1) is 11.3 Å². The number of nitrogens with zero attached hydrogens (tertiary/aromatic N) is 2. The number of rotatable bonds is 7. The van der Waals surface area contributed by atoms with Crippen molar-refractivity contribution < 1.29 is 9.53 Å². The van der Waals surface area contributed by atoms with E-state index in [0.29, 0.717) is 17.9 Å². The minimum absolute atomic E-state index is 0.0465. The standard InChI is InChI=1S/C24H23N3O2S/c1-29-19-12-10-18(11-13-19)20-16-25-24(23(26-20)21-8-5-15-30-21)27-22(28)14-9-17-6-3-2-4-7-17/h2-3,5-6,8,10-13,15-16H,4,7,9,14H2,1H3,(H,25,27,28). The molecule has 152 valence electrons. The monoisotopic (exact) mass is 417 g/mol. The van der Waals surface area contributed by atoms with Crippen molar-refractivity contribution in [1.29, 1.82) is 0 Å². The van der Waals surface area contributed by atoms with E-state index in [1.54, 1.807) is 24.6 Å². The Hall–Kier alpha value is -3.25. The highest BCUT2D eigenvalue weighted by Crippen LogP contribution is 2.31. The predicted molar refractivity (Wildman–Crippen MR) is 122 cm³/mol. The Morgan fingerprint density at radius 3 is 2.80 bits per heavy atom. The molecule has 1 aromatic carbocycles. The summed E-state index contributed by atoms with van der Waals surface area (Å²) in [6.07, 6.45) is 11.3. The molecular weight excluding hydrogens is 394 g/mol. The Bertz CT molecular complexity index is 1070. The Kier molecular flexibility index (Phi) is 6.35. The lowest BCUT2D eigenvalue weighted by Gasteiger charge is -2.12. The van der Waals surface area contributed by atoms with Crippen LogP contribution in [-0.4, -0.2) is 23.0 Å². The van der Waals surface area contributed by atoms with Gasteiger partial charge >= 0.3 is 0 Å². The third kappa shape index (κ3) is 4.83. The quantitative estimate of drug-likeness (QED) is 0.522. The highest BCUT2D eigenvalue weighted by atomic mass is 32.1. The van der Waals surface area contributed by atoms with Crippen LogP contribution in [0.15, 0.2) is 71.8 Å². The fourth-order valence-electron chi connectivity index (χ4n) is 3.30. The molecule has 1 aliphatic rings. The zero-order chi connectivity index (χ0) is 20.8. The third-order valence-corrected chi connectivity index (χ3v) is 5.82. The second kappa shape index (κ2) is 9.50. The second-order valence-electron chi connectivity index (χ2n) is 7.00. The molecule has 3 aromatic rings. The molecule has 1 amide bonds. The summed E-state index contributed by atoms with van der Waals surface area (Å²) >= 11 is 1.57. The van der Waals surface area contributed by atoms with E-state index in [-0.39, 0.29) is 5.91 Å². The second-order valence-corrected chi connectivity index (χ2v) is 7.95. The minimum atomic E-state index is -0.0465. The molecule has 0 aliphatic heterocycles. The number of allylic oxidation sites excluding steroid dienone is 4. The first kappa shape index (κ1) is 20.0. The minimum Gasteiger partial charge on any atom is -0.497 e. The summed E-state index contributed by atoms with van der Waals surface area (Å²) in [4.78, 5) is 22.9. The van der Waals surface area contributed by atoms with Gasteiger partial charge in [-0.05, 0) is 55.0 Å². The van der Waals surface area contributed by atoms with Gasteiger partial charge in [0.2, 0.25) is 5.91 Å². The number of anilines is 1. The average molecular weight is 418 g/mol. The van der Waals surface area contributed by atoms with Crippen LogP contribution in [0.1, 0.15) is 25.7 Å². The Balaban J connectivity index is 1.55. The molecular formula is C24H23N3O2S. The average Bonchev–Trinajstić information content (AvgIpc) is 3.34. The van der Waals surface area contributed by atoms with Crippen LogP contribution < -0.4 is 10.1 Å². The van der Waals surface area contributed by atoms with Crippen molar-refractivity contribution in [3.8, 4) is 27.6 Å². The van der Waals surface area contributed by atoms with Crippen LogP contribution in [0.2, 0.25) is 0 Å². The lowest BCUT2D eigenvalue weighted by Crippen LogP contribution is -2.14. The van der Waals surface area contributed by atoms with Crippen LogP contribution in [0.4, 0.5) is 5.82 Å². The van der Waals surface area contributed by atoms with E-state index in [1.165, 1.54) is 5.57 Å². The van der Waals surface area contributed by atoms with E-state index in [1.807, 2.05) is 41.8 Å². The highest BCUT2D eigenvalue weighted by molar-refractivity contribution is 7.13. The molecule has 0 atom stereocenters. The number of hydrogen-bond acceptors (Lipinski definition) is 5. The van der Waals surface area contributed by atoms with E-state index in [0.717, 1.165) is 41.1 Å². The first-order valence-electron chi connectivity index (χ1n) is 9.92. The van der Waals surface area contributed by atoms with Gasteiger partial charge in [-0.3, -0.25) is 4.79 Å². The van der Waals surface area contributed by atoms with Gasteiger partial charge in [-0.25, -0.2) is 9.97 Å². The molecule has 0 saturated heterocycles. The largest absolute Gasteiger partial charge is 0.497 e. The van der Waals surface area contributed by atoms with Crippen LogP contribution in [-0.2, 0) is 4.79 Å². The number of nitrogens with one attached hydrogen (secondary N) is 1. The molecule has 0 bridgehead atoms. The van der Waals surface area contributed by atoms with Crippen molar-refractivity contribution in [2.75, 3.05) is 12.4 Å². The molecule has 30 heavy (non-hydrogen) atoms. The van der Waals surface area contributed by atoms with Crippen molar-refractivity contribution in [1.82, 2.24) is 9.97 Å². The number of benzene rings is 1. The normalized spacial score (nSPS) is 13.0. The maximum absolute atomic E-state index is 12.6. The third-order valence-electron chi connectivity index (χ3n) is 4.94. The molecule has 0 saturated carbocycles. The molecule has 0 radical (unpaired) electrons. The van der Waals surface area contributed by atoms with Crippen molar-refractivity contribution >= 4 is 23.1 Å². The summed E-state index contributed by atoms with van der Waals surface area (Å²) in [7, 11) is 1.64. The van der Waals surface area contributed by atoms with Gasteiger partial charge in [-0.1, -0.05) is 29.9 Å². The van der Waals surface area contributed by atoms with Crippen molar-refractivity contribution in [2.45, 2.75) is 25.7 Å². The van der Waals surface area contributed by atoms with Gasteiger partial charge in [-0.2, -0.15) is 0 Å². The van der Waals surface area contributed by atoms with Crippen molar-refractivity contribution in [3.63, 3.8) is 0 Å². The molecule has 4 rings (SSSR count). The SMILES string of the molecule is COc1ccc(-c2cnc(NC(=O)CCC3=CC=CCC3)c(-c3cccs3)n2)cc1. The van der Waals surface area contributed by atoms with Gasteiger partial charge in [0.25, 0.3) is 0 Å². The molecule has 1 aliphatic carbocycles. The lowest BCUT2D eigenvalue weighted by atomic mass is 10.0. The number of carbonyl (C=O) groups is 1. The van der Waals surface area contributed by atoms with Crippen LogP contribution in [0.5, 0.6) is 5.75 Å². The van der Waals surface area contributed by atoms with E-state index < -0.39 is 0 Å². The summed E-state index contributed by atoms with van der Waals surface area (Å²) in [5.41, 5.74) is 3.69. The Morgan fingerprint density at radius 1 is 1.23 bits per heavy atom. The van der Waals surface area contributed by atoms with E-state index in [9.17, 15) is 4.79 Å². The van der Waals surface area contributed by atoms with E-state index >= 15 is 0 Å². The first-order valence-corrected chi connectivity index (χ1v) is 10.8. The topological polar surface area (TPSA) is 64.1 Å². The summed E-state index contributed by atoms with van der Waals surface area (Å²) in [6, 6.07) is 11.6. The number of methoxy groups -OCH3 is 1. The summed E-state index contributed by atoms with van der Waals surface area (Å²) in [5, 5.41) is 4.96. The highest BCUT2D eigenvalue weighted by Gasteiger charge is 2.15. The number of amides is 1. The zero-order valence-corrected chi connectivity index (χ0v) is 17.6. The molecule has 2 aromatic heterocycles. The zero-order valence-electron chi connectivity index (χ0n) is 16.8. The fourth-order valence-corrected chi connectivity index (χ4v) is 4.01. The number of hydrogen-bond donors (Lipinski definition) is 1. The Morgan fingerprint density at radius 2 is 2.10 bits per heavy atom. The van der Waals surface area contributed by atoms with Gasteiger partial charge in [0, 0.05) is 12.0 Å². The van der Waals surface area contributed by atoms with Crippen LogP contribution in [0, 0.1) is 0 Å². The van der Waals surface area contributed by atoms with Gasteiger partial charge < -0.3 is 10.1 Å². The van der Waals surface area contributed by atoms with Crippen molar-refractivity contribution in [3.05, 3.63) is 71.8 Å². The molecule has 5 nitrogen and oxygen atoms in total. The van der Waals surface area contributed by atoms with Gasteiger partial charge in [0.1, 0.15) is 11.4 Å². The number of thiophene rings is 1. The summed E-state index contributed by atoms with van der Waals surface area (Å²) in [5.74, 6) is 1.24. The molecule has 0 fully saturated rings. The van der Waals surface area contributed by atoms with Gasteiger partial charge in [0.05, 0.1) is 23.9 Å². The molecule has 6 heteroatoms. The molecule has 0 spiro atoms. The maximum atomic E-state index is 12.6. The van der Waals surface area contributed by atoms with Crippen LogP contribution >= 0.6 is 11.3 Å². The first-order chi connectivity index (χ1) is 14.7. The van der Waals surface area contributed by atoms with Gasteiger partial charge in [0.15, 0.2) is 5.82 Å². The number of carbonyl (C=O) groups excluding carboxylic acids is 1. The van der Waals surface area contributed by atoms with E-state index in [2.05, 4.69) is 28.5 Å². The lowest BCUT2D eigenvalue weighted by molar-refractivity contribution is -0.116. The Labute approximate surface area is 180 Å². The molecule has 2 heterocycles. The fraction of sp³-hybridized carbons (Fsp3) is 0.208.